The number of fused-ring (bicyclic) bond motifs is 1. The zero-order valence-corrected chi connectivity index (χ0v) is 16.6. The molecule has 2 aromatic rings. The van der Waals surface area contributed by atoms with E-state index < -0.39 is 0 Å². The molecule has 0 saturated carbocycles. The van der Waals surface area contributed by atoms with E-state index in [-0.39, 0.29) is 23.1 Å². The third-order valence-corrected chi connectivity index (χ3v) is 5.95. The van der Waals surface area contributed by atoms with Crippen molar-refractivity contribution >= 4 is 11.7 Å². The lowest BCUT2D eigenvalue weighted by atomic mass is 9.76. The highest BCUT2D eigenvalue weighted by molar-refractivity contribution is 6.03. The van der Waals surface area contributed by atoms with Gasteiger partial charge in [-0.1, -0.05) is 43.7 Å². The molecular weight excluding hydrogens is 338 g/mol. The predicted molar refractivity (Wildman–Crippen MR) is 104 cm³/mol. The number of rotatable bonds is 2. The van der Waals surface area contributed by atoms with Gasteiger partial charge in [-0.15, -0.1) is 0 Å². The van der Waals surface area contributed by atoms with Gasteiger partial charge in [0.15, 0.2) is 11.5 Å². The molecule has 4 heteroatoms. The van der Waals surface area contributed by atoms with Crippen molar-refractivity contribution in [2.75, 3.05) is 6.54 Å². The van der Waals surface area contributed by atoms with E-state index in [1.54, 1.807) is 0 Å². The van der Waals surface area contributed by atoms with E-state index in [9.17, 15) is 9.59 Å². The largest absolute Gasteiger partial charge is 0.455 e. The van der Waals surface area contributed by atoms with Crippen LogP contribution in [0.3, 0.4) is 0 Å². The van der Waals surface area contributed by atoms with Crippen LogP contribution >= 0.6 is 0 Å². The van der Waals surface area contributed by atoms with Crippen molar-refractivity contribution in [3.8, 4) is 0 Å². The number of ketones is 1. The van der Waals surface area contributed by atoms with Gasteiger partial charge in [-0.2, -0.15) is 0 Å². The molecular formula is C23H27NO3. The monoisotopic (exact) mass is 365 g/mol. The highest BCUT2D eigenvalue weighted by Crippen LogP contribution is 2.40. The van der Waals surface area contributed by atoms with Crippen molar-refractivity contribution in [1.82, 2.24) is 4.90 Å². The second-order valence-electron chi connectivity index (χ2n) is 8.86. The molecule has 0 radical (unpaired) electrons. The Labute approximate surface area is 160 Å². The molecule has 1 aromatic heterocycles. The Morgan fingerprint density at radius 2 is 1.85 bits per heavy atom. The van der Waals surface area contributed by atoms with Crippen LogP contribution in [0.5, 0.6) is 0 Å². The van der Waals surface area contributed by atoms with Gasteiger partial charge in [-0.05, 0) is 37.7 Å². The van der Waals surface area contributed by atoms with Gasteiger partial charge in [-0.25, -0.2) is 0 Å². The number of hydrogen-bond donors (Lipinski definition) is 0. The van der Waals surface area contributed by atoms with Crippen LogP contribution in [0, 0.1) is 19.3 Å². The topological polar surface area (TPSA) is 50.5 Å². The molecule has 0 N–H and O–H groups in total. The van der Waals surface area contributed by atoms with Crippen LogP contribution in [-0.2, 0) is 6.42 Å². The van der Waals surface area contributed by atoms with Gasteiger partial charge in [0.25, 0.3) is 5.91 Å². The molecule has 1 aliphatic carbocycles. The number of nitrogens with zero attached hydrogens (tertiary/aromatic N) is 1. The number of likely N-dealkylation sites (tertiary alicyclic amines) is 1. The van der Waals surface area contributed by atoms with Crippen LogP contribution in [0.4, 0.5) is 0 Å². The van der Waals surface area contributed by atoms with Crippen molar-refractivity contribution in [3.05, 3.63) is 58.0 Å². The van der Waals surface area contributed by atoms with Gasteiger partial charge in [0.1, 0.15) is 5.76 Å². The number of hydrogen-bond acceptors (Lipinski definition) is 3. The first-order chi connectivity index (χ1) is 12.8. The maximum absolute atomic E-state index is 13.3. The quantitative estimate of drug-likeness (QED) is 0.750. The number of carbonyl (C=O) groups excluding carboxylic acids is 2. The Morgan fingerprint density at radius 1 is 1.15 bits per heavy atom. The zero-order chi connectivity index (χ0) is 19.3. The molecule has 1 aromatic carbocycles. The van der Waals surface area contributed by atoms with Gasteiger partial charge >= 0.3 is 0 Å². The fourth-order valence-corrected chi connectivity index (χ4v) is 4.56. The van der Waals surface area contributed by atoms with Gasteiger partial charge in [-0.3, -0.25) is 9.59 Å². The van der Waals surface area contributed by atoms with E-state index in [2.05, 4.69) is 45.0 Å². The van der Waals surface area contributed by atoms with Gasteiger partial charge in [0, 0.05) is 24.9 Å². The fraction of sp³-hybridized carbons (Fsp3) is 0.478. The second kappa shape index (κ2) is 6.36. The van der Waals surface area contributed by atoms with E-state index >= 15 is 0 Å². The summed E-state index contributed by atoms with van der Waals surface area (Å²) in [4.78, 5) is 27.9. The summed E-state index contributed by atoms with van der Waals surface area (Å²) in [7, 11) is 0. The number of furan rings is 1. The number of benzene rings is 1. The number of carbonyl (C=O) groups is 2. The average molecular weight is 365 g/mol. The Bertz CT molecular complexity index is 904. The highest BCUT2D eigenvalue weighted by Gasteiger charge is 2.39. The Kier molecular flexibility index (Phi) is 4.25. The third-order valence-electron chi connectivity index (χ3n) is 5.95. The number of Topliss-reactive ketones (excluding diaryl/α,β-unsaturated/α-hetero) is 1. The molecule has 2 aliphatic rings. The van der Waals surface area contributed by atoms with E-state index in [4.69, 9.17) is 4.42 Å². The molecule has 0 spiro atoms. The van der Waals surface area contributed by atoms with Crippen LogP contribution < -0.4 is 0 Å². The molecule has 142 valence electrons. The lowest BCUT2D eigenvalue weighted by molar-refractivity contribution is 0.0697. The second-order valence-corrected chi connectivity index (χ2v) is 8.86. The molecule has 4 nitrogen and oxygen atoms in total. The lowest BCUT2D eigenvalue weighted by Gasteiger charge is -2.27. The van der Waals surface area contributed by atoms with Crippen molar-refractivity contribution in [3.63, 3.8) is 0 Å². The van der Waals surface area contributed by atoms with Crippen molar-refractivity contribution < 1.29 is 14.0 Å². The van der Waals surface area contributed by atoms with E-state index in [1.807, 2.05) is 11.8 Å². The highest BCUT2D eigenvalue weighted by atomic mass is 16.4. The summed E-state index contributed by atoms with van der Waals surface area (Å²) >= 11 is 0. The Hall–Kier alpha value is -2.36. The van der Waals surface area contributed by atoms with Crippen LogP contribution in [-0.4, -0.2) is 23.1 Å². The van der Waals surface area contributed by atoms with E-state index in [1.165, 1.54) is 5.56 Å². The summed E-state index contributed by atoms with van der Waals surface area (Å²) in [6.07, 6.45) is 3.14. The standard InChI is InChI=1S/C23H27NO3/c1-14-7-9-16(10-8-14)17-6-5-11-24(17)22(26)21-15(2)20-18(25)12-23(3,4)13-19(20)27-21/h7-10,17H,5-6,11-13H2,1-4H3. The predicted octanol–water partition coefficient (Wildman–Crippen LogP) is 5.03. The maximum atomic E-state index is 13.3. The summed E-state index contributed by atoms with van der Waals surface area (Å²) in [5.74, 6) is 1.04. The number of aryl methyl sites for hydroxylation is 1. The molecule has 2 heterocycles. The van der Waals surface area contributed by atoms with Crippen LogP contribution in [0.1, 0.15) is 82.5 Å². The van der Waals surface area contributed by atoms with Crippen LogP contribution in [0.25, 0.3) is 0 Å². The van der Waals surface area contributed by atoms with Crippen molar-refractivity contribution in [1.29, 1.82) is 0 Å². The fourth-order valence-electron chi connectivity index (χ4n) is 4.56. The first-order valence-electron chi connectivity index (χ1n) is 9.80. The molecule has 27 heavy (non-hydrogen) atoms. The van der Waals surface area contributed by atoms with Crippen molar-refractivity contribution in [2.24, 2.45) is 5.41 Å². The lowest BCUT2D eigenvalue weighted by Crippen LogP contribution is -2.30. The zero-order valence-electron chi connectivity index (χ0n) is 16.6. The summed E-state index contributed by atoms with van der Waals surface area (Å²) in [5.41, 5.74) is 3.61. The van der Waals surface area contributed by atoms with Gasteiger partial charge < -0.3 is 9.32 Å². The normalized spacial score (nSPS) is 21.4. The summed E-state index contributed by atoms with van der Waals surface area (Å²) in [6, 6.07) is 8.48. The average Bonchev–Trinajstić information content (AvgIpc) is 3.19. The molecule has 1 aliphatic heterocycles. The SMILES string of the molecule is Cc1ccc(C2CCCN2C(=O)c2oc3c(c2C)C(=O)CC(C)(C)C3)cc1. The molecule has 4 rings (SSSR count). The van der Waals surface area contributed by atoms with Gasteiger partial charge in [0.2, 0.25) is 0 Å². The third kappa shape index (κ3) is 3.11. The molecule has 1 amide bonds. The minimum Gasteiger partial charge on any atom is -0.455 e. The molecule has 1 atom stereocenters. The smallest absolute Gasteiger partial charge is 0.290 e. The molecule has 1 unspecified atom stereocenters. The summed E-state index contributed by atoms with van der Waals surface area (Å²) in [6.45, 7) is 8.78. The first kappa shape index (κ1) is 18.0. The van der Waals surface area contributed by atoms with E-state index in [0.717, 1.165) is 24.9 Å². The minimum absolute atomic E-state index is 0.0757. The van der Waals surface area contributed by atoms with Crippen molar-refractivity contribution in [2.45, 2.75) is 59.4 Å². The van der Waals surface area contributed by atoms with Crippen LogP contribution in [0.2, 0.25) is 0 Å². The first-order valence-corrected chi connectivity index (χ1v) is 9.80. The summed E-state index contributed by atoms with van der Waals surface area (Å²) < 4.78 is 6.01. The van der Waals surface area contributed by atoms with Gasteiger partial charge in [0.05, 0.1) is 11.6 Å². The van der Waals surface area contributed by atoms with Crippen LogP contribution in [0.15, 0.2) is 28.7 Å². The van der Waals surface area contributed by atoms with E-state index in [0.29, 0.717) is 35.5 Å². The summed E-state index contributed by atoms with van der Waals surface area (Å²) in [5, 5.41) is 0. The minimum atomic E-state index is -0.118. The number of amides is 1. The Balaban J connectivity index is 1.67. The maximum Gasteiger partial charge on any atom is 0.290 e. The Morgan fingerprint density at radius 3 is 2.56 bits per heavy atom. The molecule has 1 fully saturated rings. The molecule has 1 saturated heterocycles. The molecule has 0 bridgehead atoms.